The van der Waals surface area contributed by atoms with Crippen LogP contribution in [0.5, 0.6) is 5.75 Å². The van der Waals surface area contributed by atoms with Crippen molar-refractivity contribution in [3.63, 3.8) is 0 Å². The number of hydrogen-bond acceptors (Lipinski definition) is 4. The summed E-state index contributed by atoms with van der Waals surface area (Å²) in [5.74, 6) is -1.31. The molecule has 3 aromatic rings. The predicted molar refractivity (Wildman–Crippen MR) is 86.0 cm³/mol. The van der Waals surface area contributed by atoms with Crippen molar-refractivity contribution in [1.29, 1.82) is 0 Å². The molecule has 1 N–H and O–H groups in total. The molecule has 2 heterocycles. The summed E-state index contributed by atoms with van der Waals surface area (Å²) in [7, 11) is 0. The average Bonchev–Trinajstić information content (AvgIpc) is 2.93. The van der Waals surface area contributed by atoms with E-state index in [2.05, 4.69) is 23.9 Å². The molecule has 0 spiro atoms. The minimum Gasteiger partial charge on any atom is -0.507 e. The highest BCUT2D eigenvalue weighted by molar-refractivity contribution is 5.96. The first-order valence-corrected chi connectivity index (χ1v) is 7.31. The molecule has 6 heteroatoms. The molecule has 0 saturated carbocycles. The Kier molecular flexibility index (Phi) is 5.05. The summed E-state index contributed by atoms with van der Waals surface area (Å²) < 4.78 is 15.4. The molecule has 2 aromatic heterocycles. The first-order valence-electron chi connectivity index (χ1n) is 7.31. The summed E-state index contributed by atoms with van der Waals surface area (Å²) in [6, 6.07) is 3.96. The van der Waals surface area contributed by atoms with Crippen LogP contribution >= 0.6 is 0 Å². The van der Waals surface area contributed by atoms with Crippen LogP contribution in [0.25, 0.3) is 16.8 Å². The van der Waals surface area contributed by atoms with Crippen molar-refractivity contribution in [2.24, 2.45) is 0 Å². The minimum absolute atomic E-state index is 0.143. The highest BCUT2D eigenvalue weighted by Gasteiger charge is 2.17. The molecule has 0 saturated heterocycles. The Morgan fingerprint density at radius 2 is 2.00 bits per heavy atom. The van der Waals surface area contributed by atoms with E-state index in [0.29, 0.717) is 11.2 Å². The standard InChI is InChI=1S/C14H10FN3O2.C3H8/c1-8(19)9-6-13(20)10(5-12(9)15)11-7-17-18-4-2-3-16-14(11)18;1-3-2/h2-7,20H,1H3;3H2,1-2H3. The highest BCUT2D eigenvalue weighted by Crippen LogP contribution is 2.33. The molecular formula is C17H18FN3O2. The molecule has 0 aliphatic carbocycles. The summed E-state index contributed by atoms with van der Waals surface area (Å²) in [5.41, 5.74) is 1.10. The van der Waals surface area contributed by atoms with Crippen molar-refractivity contribution in [3.8, 4) is 16.9 Å². The number of nitrogens with zero attached hydrogens (tertiary/aromatic N) is 3. The maximum atomic E-state index is 13.9. The molecule has 120 valence electrons. The fourth-order valence-electron chi connectivity index (χ4n) is 2.06. The first kappa shape index (κ1) is 16.6. The monoisotopic (exact) mass is 315 g/mol. The molecule has 0 radical (unpaired) electrons. The second kappa shape index (κ2) is 7.00. The van der Waals surface area contributed by atoms with Crippen LogP contribution in [-0.4, -0.2) is 25.5 Å². The van der Waals surface area contributed by atoms with Crippen LogP contribution in [0.1, 0.15) is 37.6 Å². The van der Waals surface area contributed by atoms with Crippen molar-refractivity contribution in [1.82, 2.24) is 14.6 Å². The normalized spacial score (nSPS) is 10.3. The van der Waals surface area contributed by atoms with Gasteiger partial charge in [0.1, 0.15) is 11.6 Å². The van der Waals surface area contributed by atoms with E-state index in [4.69, 9.17) is 0 Å². The lowest BCUT2D eigenvalue weighted by Gasteiger charge is -2.06. The summed E-state index contributed by atoms with van der Waals surface area (Å²) in [4.78, 5) is 15.4. The highest BCUT2D eigenvalue weighted by atomic mass is 19.1. The molecule has 0 fully saturated rings. The van der Waals surface area contributed by atoms with Crippen LogP contribution in [-0.2, 0) is 0 Å². The zero-order chi connectivity index (χ0) is 17.0. The first-order chi connectivity index (χ1) is 11.0. The Hall–Kier alpha value is -2.76. The molecule has 5 nitrogen and oxygen atoms in total. The lowest BCUT2D eigenvalue weighted by Crippen LogP contribution is -1.97. The second-order valence-corrected chi connectivity index (χ2v) is 5.06. The molecular weight excluding hydrogens is 297 g/mol. The Morgan fingerprint density at radius 1 is 1.30 bits per heavy atom. The van der Waals surface area contributed by atoms with Gasteiger partial charge in [0, 0.05) is 18.0 Å². The topological polar surface area (TPSA) is 67.5 Å². The average molecular weight is 315 g/mol. The molecule has 0 aliphatic rings. The molecule has 0 atom stereocenters. The second-order valence-electron chi connectivity index (χ2n) is 5.06. The molecule has 23 heavy (non-hydrogen) atoms. The Morgan fingerprint density at radius 3 is 2.65 bits per heavy atom. The van der Waals surface area contributed by atoms with Gasteiger partial charge in [-0.1, -0.05) is 20.3 Å². The van der Waals surface area contributed by atoms with Gasteiger partial charge < -0.3 is 5.11 Å². The van der Waals surface area contributed by atoms with Crippen LogP contribution in [0.3, 0.4) is 0 Å². The van der Waals surface area contributed by atoms with E-state index in [1.54, 1.807) is 18.5 Å². The van der Waals surface area contributed by atoms with Crippen LogP contribution in [0.4, 0.5) is 4.39 Å². The number of fused-ring (bicyclic) bond motifs is 1. The van der Waals surface area contributed by atoms with Gasteiger partial charge in [-0.3, -0.25) is 4.79 Å². The number of hydrogen-bond donors (Lipinski definition) is 1. The van der Waals surface area contributed by atoms with E-state index in [1.807, 2.05) is 0 Å². The van der Waals surface area contributed by atoms with Gasteiger partial charge in [0.25, 0.3) is 0 Å². The van der Waals surface area contributed by atoms with Gasteiger partial charge >= 0.3 is 0 Å². The van der Waals surface area contributed by atoms with Crippen molar-refractivity contribution in [3.05, 3.63) is 48.2 Å². The fourth-order valence-corrected chi connectivity index (χ4v) is 2.06. The van der Waals surface area contributed by atoms with E-state index in [-0.39, 0.29) is 16.9 Å². The minimum atomic E-state index is -0.680. The van der Waals surface area contributed by atoms with Gasteiger partial charge in [0.05, 0.1) is 17.3 Å². The van der Waals surface area contributed by atoms with Crippen molar-refractivity contribution >= 4 is 11.4 Å². The van der Waals surface area contributed by atoms with Crippen LogP contribution < -0.4 is 0 Å². The van der Waals surface area contributed by atoms with E-state index >= 15 is 0 Å². The molecule has 0 unspecified atom stereocenters. The molecule has 1 aromatic carbocycles. The van der Waals surface area contributed by atoms with Gasteiger partial charge in [-0.05, 0) is 25.1 Å². The number of halogens is 1. The summed E-state index contributed by atoms with van der Waals surface area (Å²) >= 11 is 0. The molecule has 0 bridgehead atoms. The summed E-state index contributed by atoms with van der Waals surface area (Å²) in [6.45, 7) is 5.49. The van der Waals surface area contributed by atoms with E-state index < -0.39 is 11.6 Å². The fraction of sp³-hybridized carbons (Fsp3) is 0.235. The number of phenolic OH excluding ortho intramolecular Hbond substituents is 1. The van der Waals surface area contributed by atoms with Crippen molar-refractivity contribution in [2.75, 3.05) is 0 Å². The molecule has 0 aliphatic heterocycles. The van der Waals surface area contributed by atoms with Crippen LogP contribution in [0, 0.1) is 5.82 Å². The van der Waals surface area contributed by atoms with Gasteiger partial charge in [0.15, 0.2) is 11.4 Å². The number of benzene rings is 1. The van der Waals surface area contributed by atoms with Gasteiger partial charge in [-0.25, -0.2) is 13.9 Å². The van der Waals surface area contributed by atoms with Crippen LogP contribution in [0.2, 0.25) is 0 Å². The SMILES string of the molecule is CC(=O)c1cc(O)c(-c2cnn3cccnc23)cc1F.CCC. The lowest BCUT2D eigenvalue weighted by atomic mass is 10.0. The van der Waals surface area contributed by atoms with Crippen LogP contribution in [0.15, 0.2) is 36.8 Å². The zero-order valence-electron chi connectivity index (χ0n) is 13.2. The quantitative estimate of drug-likeness (QED) is 0.729. The van der Waals surface area contributed by atoms with E-state index in [9.17, 15) is 14.3 Å². The zero-order valence-corrected chi connectivity index (χ0v) is 13.2. The number of aromatic nitrogens is 3. The third-order valence-electron chi connectivity index (χ3n) is 3.03. The number of rotatable bonds is 2. The van der Waals surface area contributed by atoms with E-state index in [1.165, 1.54) is 24.1 Å². The van der Waals surface area contributed by atoms with Gasteiger partial charge in [-0.2, -0.15) is 5.10 Å². The number of Topliss-reactive ketones (excluding diaryl/α,β-unsaturated/α-hetero) is 1. The third-order valence-corrected chi connectivity index (χ3v) is 3.03. The number of carbonyl (C=O) groups excluding carboxylic acids is 1. The predicted octanol–water partition coefficient (Wildman–Crippen LogP) is 3.86. The summed E-state index contributed by atoms with van der Waals surface area (Å²) in [5, 5.41) is 14.1. The summed E-state index contributed by atoms with van der Waals surface area (Å²) in [6.07, 6.45) is 6.02. The largest absolute Gasteiger partial charge is 0.507 e. The Bertz CT molecular complexity index is 843. The lowest BCUT2D eigenvalue weighted by molar-refractivity contribution is 0.101. The maximum Gasteiger partial charge on any atom is 0.162 e. The molecule has 3 rings (SSSR count). The van der Waals surface area contributed by atoms with Crippen molar-refractivity contribution < 1.29 is 14.3 Å². The smallest absolute Gasteiger partial charge is 0.162 e. The number of carbonyl (C=O) groups is 1. The third kappa shape index (κ3) is 3.36. The molecule has 0 amide bonds. The van der Waals surface area contributed by atoms with Crippen molar-refractivity contribution in [2.45, 2.75) is 27.2 Å². The number of phenols is 1. The Balaban J connectivity index is 0.000000595. The number of ketones is 1. The Labute approximate surface area is 133 Å². The number of aromatic hydroxyl groups is 1. The van der Waals surface area contributed by atoms with Gasteiger partial charge in [-0.15, -0.1) is 0 Å². The maximum absolute atomic E-state index is 13.9. The van der Waals surface area contributed by atoms with Gasteiger partial charge in [0.2, 0.25) is 0 Å². The van der Waals surface area contributed by atoms with E-state index in [0.717, 1.165) is 12.1 Å².